The van der Waals surface area contributed by atoms with Gasteiger partial charge in [-0.25, -0.2) is 4.79 Å². The van der Waals surface area contributed by atoms with Gasteiger partial charge in [0.25, 0.3) is 0 Å². The van der Waals surface area contributed by atoms with Crippen LogP contribution in [0.3, 0.4) is 0 Å². The molecule has 0 amide bonds. The molecule has 0 aromatic rings. The molecule has 0 aromatic heterocycles. The molecule has 0 aliphatic carbocycles. The summed E-state index contributed by atoms with van der Waals surface area (Å²) in [4.78, 5) is 11.1. The number of hydrogen-bond acceptors (Lipinski definition) is 5. The van der Waals surface area contributed by atoms with E-state index < -0.39 is 17.3 Å². The molecule has 1 rings (SSSR count). The molecule has 1 heterocycles. The quantitative estimate of drug-likeness (QED) is 0.649. The molecule has 0 radical (unpaired) electrons. The van der Waals surface area contributed by atoms with Crippen molar-refractivity contribution in [3.8, 4) is 0 Å². The molecule has 0 fully saturated rings. The van der Waals surface area contributed by atoms with Gasteiger partial charge in [-0.15, -0.1) is 0 Å². The predicted octanol–water partition coefficient (Wildman–Crippen LogP) is 0.490. The summed E-state index contributed by atoms with van der Waals surface area (Å²) in [7, 11) is 0. The summed E-state index contributed by atoms with van der Waals surface area (Å²) in [5.41, 5.74) is -1.04. The lowest BCUT2D eigenvalue weighted by molar-refractivity contribution is -0.150. The highest BCUT2D eigenvalue weighted by Gasteiger charge is 2.45. The first-order valence-corrected chi connectivity index (χ1v) is 4.46. The summed E-state index contributed by atoms with van der Waals surface area (Å²) >= 11 is 0. The van der Waals surface area contributed by atoms with Gasteiger partial charge >= 0.3 is 5.97 Å². The number of ether oxygens (including phenoxy) is 2. The van der Waals surface area contributed by atoms with Gasteiger partial charge in [0.05, 0.1) is 6.61 Å². The highest BCUT2D eigenvalue weighted by atomic mass is 16.6. The van der Waals surface area contributed by atoms with Gasteiger partial charge in [-0.1, -0.05) is 0 Å². The Labute approximate surface area is 81.9 Å². The zero-order chi connectivity index (χ0) is 10.8. The van der Waals surface area contributed by atoms with E-state index in [9.17, 15) is 9.90 Å². The van der Waals surface area contributed by atoms with E-state index in [1.165, 1.54) is 0 Å². The molecule has 0 unspecified atom stereocenters. The molecule has 1 aliphatic rings. The molecular formula is C9H14O5. The summed E-state index contributed by atoms with van der Waals surface area (Å²) in [5, 5.41) is 18.1. The zero-order valence-corrected chi connectivity index (χ0v) is 8.24. The van der Waals surface area contributed by atoms with E-state index in [4.69, 9.17) is 14.6 Å². The van der Waals surface area contributed by atoms with Crippen molar-refractivity contribution in [2.24, 2.45) is 0 Å². The fraction of sp³-hybridized carbons (Fsp3) is 0.667. The molecule has 1 atom stereocenters. The summed E-state index contributed by atoms with van der Waals surface area (Å²) in [6.45, 7) is 3.52. The molecule has 5 heteroatoms. The van der Waals surface area contributed by atoms with Gasteiger partial charge in [0.2, 0.25) is 5.76 Å². The molecule has 0 aromatic carbocycles. The van der Waals surface area contributed by atoms with Gasteiger partial charge in [-0.2, -0.15) is 0 Å². The Bertz CT molecular complexity index is 270. The van der Waals surface area contributed by atoms with Crippen molar-refractivity contribution in [2.75, 3.05) is 13.2 Å². The van der Waals surface area contributed by atoms with Crippen molar-refractivity contribution >= 4 is 5.97 Å². The first kappa shape index (κ1) is 10.8. The number of aliphatic hydroxyl groups excluding tert-OH is 2. The molecule has 2 N–H and O–H groups in total. The van der Waals surface area contributed by atoms with Crippen LogP contribution in [0, 0.1) is 0 Å². The van der Waals surface area contributed by atoms with Crippen LogP contribution in [0.1, 0.15) is 20.3 Å². The fourth-order valence-electron chi connectivity index (χ4n) is 1.39. The Morgan fingerprint density at radius 3 is 2.71 bits per heavy atom. The van der Waals surface area contributed by atoms with Crippen molar-refractivity contribution in [1.82, 2.24) is 0 Å². The van der Waals surface area contributed by atoms with E-state index in [1.54, 1.807) is 13.8 Å². The molecule has 0 spiro atoms. The van der Waals surface area contributed by atoms with Crippen molar-refractivity contribution < 1.29 is 24.5 Å². The van der Waals surface area contributed by atoms with Gasteiger partial charge in [-0.05, 0) is 13.8 Å². The smallest absolute Gasteiger partial charge is 0.378 e. The second-order valence-corrected chi connectivity index (χ2v) is 3.20. The number of rotatable bonds is 4. The van der Waals surface area contributed by atoms with E-state index in [0.29, 0.717) is 6.61 Å². The molecule has 5 nitrogen and oxygen atoms in total. The lowest BCUT2D eigenvalue weighted by Crippen LogP contribution is -2.30. The van der Waals surface area contributed by atoms with Crippen LogP contribution in [0.15, 0.2) is 11.5 Å². The Morgan fingerprint density at radius 1 is 1.57 bits per heavy atom. The van der Waals surface area contributed by atoms with Gasteiger partial charge < -0.3 is 19.7 Å². The third-order valence-electron chi connectivity index (χ3n) is 2.08. The van der Waals surface area contributed by atoms with Crippen LogP contribution in [0.4, 0.5) is 0 Å². The maximum absolute atomic E-state index is 11.1. The molecule has 1 aliphatic heterocycles. The van der Waals surface area contributed by atoms with E-state index in [-0.39, 0.29) is 18.8 Å². The predicted molar refractivity (Wildman–Crippen MR) is 47.5 cm³/mol. The molecule has 80 valence electrons. The average molecular weight is 202 g/mol. The van der Waals surface area contributed by atoms with Crippen molar-refractivity contribution in [3.05, 3.63) is 11.5 Å². The van der Waals surface area contributed by atoms with Crippen molar-refractivity contribution in [1.29, 1.82) is 0 Å². The van der Waals surface area contributed by atoms with Crippen LogP contribution in [0.5, 0.6) is 0 Å². The van der Waals surface area contributed by atoms with Crippen LogP contribution in [0.25, 0.3) is 0 Å². The Kier molecular flexibility index (Phi) is 3.00. The lowest BCUT2D eigenvalue weighted by atomic mass is 10.0. The molecule has 0 saturated heterocycles. The van der Waals surface area contributed by atoms with Crippen LogP contribution in [-0.4, -0.2) is 35.0 Å². The SMILES string of the molecule is CCOC1=C(O)C(=O)O[C@@]1(C)CCO. The second-order valence-electron chi connectivity index (χ2n) is 3.20. The highest BCUT2D eigenvalue weighted by Crippen LogP contribution is 2.34. The molecule has 0 saturated carbocycles. The fourth-order valence-corrected chi connectivity index (χ4v) is 1.39. The first-order chi connectivity index (χ1) is 6.55. The lowest BCUT2D eigenvalue weighted by Gasteiger charge is -2.24. The number of carbonyl (C=O) groups is 1. The third-order valence-corrected chi connectivity index (χ3v) is 2.08. The first-order valence-electron chi connectivity index (χ1n) is 4.46. The minimum absolute atomic E-state index is 0.110. The number of esters is 1. The van der Waals surface area contributed by atoms with E-state index in [0.717, 1.165) is 0 Å². The minimum Gasteiger partial charge on any atom is -0.499 e. The Hall–Kier alpha value is -1.23. The monoisotopic (exact) mass is 202 g/mol. The average Bonchev–Trinajstić information content (AvgIpc) is 2.31. The van der Waals surface area contributed by atoms with Gasteiger partial charge in [0, 0.05) is 13.0 Å². The maximum atomic E-state index is 11.1. The summed E-state index contributed by atoms with van der Waals surface area (Å²) in [6.07, 6.45) is 0.206. The third kappa shape index (κ3) is 1.68. The Morgan fingerprint density at radius 2 is 2.21 bits per heavy atom. The molecular weight excluding hydrogens is 188 g/mol. The number of carbonyl (C=O) groups excluding carboxylic acids is 1. The normalized spacial score (nSPS) is 26.6. The van der Waals surface area contributed by atoms with Gasteiger partial charge in [0.1, 0.15) is 0 Å². The van der Waals surface area contributed by atoms with E-state index >= 15 is 0 Å². The van der Waals surface area contributed by atoms with Gasteiger partial charge in [0.15, 0.2) is 11.4 Å². The van der Waals surface area contributed by atoms with E-state index in [2.05, 4.69) is 0 Å². The van der Waals surface area contributed by atoms with Crippen molar-refractivity contribution in [3.63, 3.8) is 0 Å². The second kappa shape index (κ2) is 3.88. The maximum Gasteiger partial charge on any atom is 0.378 e. The Balaban J connectivity index is 2.94. The van der Waals surface area contributed by atoms with Gasteiger partial charge in [-0.3, -0.25) is 0 Å². The van der Waals surface area contributed by atoms with Crippen molar-refractivity contribution in [2.45, 2.75) is 25.9 Å². The van der Waals surface area contributed by atoms with E-state index in [1.807, 2.05) is 0 Å². The summed E-state index contributed by atoms with van der Waals surface area (Å²) in [5.74, 6) is -1.19. The summed E-state index contributed by atoms with van der Waals surface area (Å²) in [6, 6.07) is 0. The molecule has 14 heavy (non-hydrogen) atoms. The minimum atomic E-state index is -1.04. The summed E-state index contributed by atoms with van der Waals surface area (Å²) < 4.78 is 10.0. The van der Waals surface area contributed by atoms with Crippen LogP contribution in [0.2, 0.25) is 0 Å². The highest BCUT2D eigenvalue weighted by molar-refractivity contribution is 5.89. The number of cyclic esters (lactones) is 1. The van der Waals surface area contributed by atoms with Crippen LogP contribution in [-0.2, 0) is 14.3 Å². The standard InChI is InChI=1S/C9H14O5/c1-3-13-7-6(11)8(12)14-9(7,2)4-5-10/h10-11H,3-5H2,1-2H3/t9-/m0/s1. The number of hydrogen-bond donors (Lipinski definition) is 2. The largest absolute Gasteiger partial charge is 0.499 e. The zero-order valence-electron chi connectivity index (χ0n) is 8.24. The van der Waals surface area contributed by atoms with Crippen LogP contribution >= 0.6 is 0 Å². The topological polar surface area (TPSA) is 76.0 Å². The molecule has 0 bridgehead atoms. The number of aliphatic hydroxyl groups is 2. The van der Waals surface area contributed by atoms with Crippen LogP contribution < -0.4 is 0 Å².